The third-order valence-electron chi connectivity index (χ3n) is 11.3. The van der Waals surface area contributed by atoms with E-state index in [1.165, 1.54) is 120 Å². The molecule has 0 aliphatic carbocycles. The van der Waals surface area contributed by atoms with Gasteiger partial charge in [0.2, 0.25) is 0 Å². The Bertz CT molecular complexity index is 1490. The normalized spacial score (nSPS) is 12.2. The van der Waals surface area contributed by atoms with Crippen LogP contribution in [0.2, 0.25) is 13.3 Å². The number of methoxy groups -OCH3 is 2. The maximum absolute atomic E-state index is 5.50. The van der Waals surface area contributed by atoms with E-state index in [1.807, 2.05) is 27.2 Å². The molecule has 1 unspecified atom stereocenters. The van der Waals surface area contributed by atoms with Gasteiger partial charge < -0.3 is 9.47 Å². The Balaban J connectivity index is 1.79. The first-order valence-electron chi connectivity index (χ1n) is 21.3. The van der Waals surface area contributed by atoms with Gasteiger partial charge in [0.25, 0.3) is 0 Å². The molecule has 0 amide bonds. The molecule has 0 fully saturated rings. The summed E-state index contributed by atoms with van der Waals surface area (Å²) >= 11 is -0.447. The predicted octanol–water partition coefficient (Wildman–Crippen LogP) is 15.3. The number of hydrogen-bond donors (Lipinski definition) is 0. The van der Waals surface area contributed by atoms with Gasteiger partial charge in [0.05, 0.1) is 14.2 Å². The number of anilines is 3. The molecule has 0 saturated heterocycles. The predicted molar refractivity (Wildman–Crippen MR) is 238 cm³/mol. The third-order valence-corrected chi connectivity index (χ3v) is 31.0. The van der Waals surface area contributed by atoms with Gasteiger partial charge in [0.15, 0.2) is 0 Å². The van der Waals surface area contributed by atoms with Crippen molar-refractivity contribution in [3.8, 4) is 21.9 Å². The summed E-state index contributed by atoms with van der Waals surface area (Å²) in [6.07, 6.45) is 20.4. The number of unbranched alkanes of at least 4 members (excludes halogenated alkanes) is 7. The van der Waals surface area contributed by atoms with Crippen LogP contribution >= 0.6 is 11.3 Å². The van der Waals surface area contributed by atoms with Gasteiger partial charge in [-0.3, -0.25) is 0 Å². The van der Waals surface area contributed by atoms with Crippen molar-refractivity contribution in [3.63, 3.8) is 0 Å². The molecular formula is C48H71NO2SSn. The van der Waals surface area contributed by atoms with Crippen LogP contribution < -0.4 is 17.3 Å². The molecule has 1 heterocycles. The van der Waals surface area contributed by atoms with E-state index in [0.29, 0.717) is 0 Å². The summed E-state index contributed by atoms with van der Waals surface area (Å²) in [5.41, 5.74) is 6.48. The molecule has 0 aliphatic heterocycles. The van der Waals surface area contributed by atoms with Crippen LogP contribution in [-0.4, -0.2) is 32.6 Å². The molecule has 290 valence electrons. The first kappa shape index (κ1) is 43.3. The van der Waals surface area contributed by atoms with E-state index in [0.717, 1.165) is 34.5 Å². The fraction of sp³-hybridized carbons (Fsp3) is 0.542. The topological polar surface area (TPSA) is 21.7 Å². The van der Waals surface area contributed by atoms with E-state index in [1.54, 1.807) is 19.8 Å². The second-order valence-electron chi connectivity index (χ2n) is 15.4. The molecule has 3 nitrogen and oxygen atoms in total. The molecule has 4 aromatic rings. The van der Waals surface area contributed by atoms with Crippen molar-refractivity contribution in [2.75, 3.05) is 19.1 Å². The van der Waals surface area contributed by atoms with Crippen molar-refractivity contribution in [3.05, 3.63) is 84.4 Å². The Hall–Kier alpha value is -2.44. The SMILES string of the molecule is CCCCCCC(CCCC)Cc1cc(-c2ccc(N(c3ccc(OC)cc3)c3ccc(OC)cc3)cc2)s[c]1[Sn]([CH2]CCC)([CH2]CCC)[CH2]CCC. The summed E-state index contributed by atoms with van der Waals surface area (Å²) in [6.45, 7) is 12.0. The molecule has 0 bridgehead atoms. The number of thiophene rings is 1. The van der Waals surface area contributed by atoms with Gasteiger partial charge in [-0.25, -0.2) is 0 Å². The third kappa shape index (κ3) is 12.5. The number of nitrogens with zero attached hydrogens (tertiary/aromatic N) is 1. The Morgan fingerprint density at radius 1 is 0.547 bits per heavy atom. The van der Waals surface area contributed by atoms with Crippen LogP contribution in [0, 0.1) is 5.92 Å². The molecule has 4 rings (SSSR count). The number of rotatable bonds is 26. The number of benzene rings is 3. The van der Waals surface area contributed by atoms with Crippen LogP contribution in [0.25, 0.3) is 10.4 Å². The molecule has 0 aliphatic rings. The minimum atomic E-state index is -2.68. The van der Waals surface area contributed by atoms with Crippen molar-refractivity contribution < 1.29 is 9.47 Å². The average Bonchev–Trinajstić information content (AvgIpc) is 3.63. The molecular weight excluding hydrogens is 773 g/mol. The van der Waals surface area contributed by atoms with E-state index < -0.39 is 18.4 Å². The summed E-state index contributed by atoms with van der Waals surface area (Å²) in [7, 11) is 3.45. The Kier molecular flexibility index (Phi) is 19.2. The zero-order valence-electron chi connectivity index (χ0n) is 34.5. The Morgan fingerprint density at radius 3 is 1.45 bits per heavy atom. The van der Waals surface area contributed by atoms with Crippen molar-refractivity contribution in [1.82, 2.24) is 0 Å². The minimum absolute atomic E-state index is 0.811. The average molecular weight is 845 g/mol. The van der Waals surface area contributed by atoms with Crippen LogP contribution in [0.1, 0.15) is 130 Å². The van der Waals surface area contributed by atoms with E-state index in [4.69, 9.17) is 9.47 Å². The molecule has 0 spiro atoms. The first-order chi connectivity index (χ1) is 25.9. The fourth-order valence-corrected chi connectivity index (χ4v) is 29.5. The van der Waals surface area contributed by atoms with Crippen LogP contribution in [0.5, 0.6) is 11.5 Å². The van der Waals surface area contributed by atoms with Gasteiger partial charge in [0.1, 0.15) is 0 Å². The number of ether oxygens (including phenoxy) is 2. The molecule has 53 heavy (non-hydrogen) atoms. The van der Waals surface area contributed by atoms with Crippen LogP contribution in [0.15, 0.2) is 78.9 Å². The van der Waals surface area contributed by atoms with E-state index >= 15 is 0 Å². The Morgan fingerprint density at radius 2 is 1.00 bits per heavy atom. The van der Waals surface area contributed by atoms with E-state index in [9.17, 15) is 0 Å². The molecule has 5 heteroatoms. The van der Waals surface area contributed by atoms with Gasteiger partial charge in [0, 0.05) is 0 Å². The monoisotopic (exact) mass is 845 g/mol. The standard InChI is InChI=1S/C36H44NO2S.3C4H9.Sn/c1-5-7-9-10-12-28(11-8-6-2)25-29-26-36(40-27-29)30-13-15-31(16-14-30)37(32-17-21-34(38-3)22-18-32)33-19-23-35(39-4)24-20-33;3*1-3-4-2;/h13-24,26,28H,5-12,25H2,1-4H3;3*1,3-4H2,2H3;. The quantitative estimate of drug-likeness (QED) is 0.0464. The second-order valence-corrected chi connectivity index (χ2v) is 30.5. The van der Waals surface area contributed by atoms with Gasteiger partial charge in [-0.15, -0.1) is 0 Å². The molecule has 0 saturated carbocycles. The molecule has 1 aromatic heterocycles. The van der Waals surface area contributed by atoms with Gasteiger partial charge in [-0.2, -0.15) is 0 Å². The second kappa shape index (κ2) is 23.5. The maximum atomic E-state index is 5.50. The van der Waals surface area contributed by atoms with Crippen molar-refractivity contribution in [2.24, 2.45) is 5.92 Å². The van der Waals surface area contributed by atoms with Crippen LogP contribution in [0.4, 0.5) is 17.1 Å². The van der Waals surface area contributed by atoms with Gasteiger partial charge in [-0.05, 0) is 0 Å². The molecule has 3 aromatic carbocycles. The zero-order valence-corrected chi connectivity index (χ0v) is 38.2. The summed E-state index contributed by atoms with van der Waals surface area (Å²) in [5.74, 6) is 2.53. The van der Waals surface area contributed by atoms with Crippen LogP contribution in [-0.2, 0) is 6.42 Å². The first-order valence-corrected chi connectivity index (χ1v) is 29.6. The summed E-state index contributed by atoms with van der Waals surface area (Å²) < 4.78 is 17.5. The summed E-state index contributed by atoms with van der Waals surface area (Å²) in [5, 5.41) is 0. The molecule has 0 radical (unpaired) electrons. The van der Waals surface area contributed by atoms with Crippen molar-refractivity contribution >= 4 is 49.7 Å². The van der Waals surface area contributed by atoms with E-state index in [2.05, 4.69) is 105 Å². The molecule has 0 N–H and O–H groups in total. The van der Waals surface area contributed by atoms with Crippen LogP contribution in [0.3, 0.4) is 0 Å². The fourth-order valence-electron chi connectivity index (χ4n) is 8.13. The molecule has 1 atom stereocenters. The summed E-state index contributed by atoms with van der Waals surface area (Å²) in [4.78, 5) is 3.82. The zero-order chi connectivity index (χ0) is 37.9. The van der Waals surface area contributed by atoms with Crippen molar-refractivity contribution in [2.45, 2.75) is 144 Å². The number of hydrogen-bond acceptors (Lipinski definition) is 4. The van der Waals surface area contributed by atoms with E-state index in [-0.39, 0.29) is 0 Å². The van der Waals surface area contributed by atoms with Gasteiger partial charge >= 0.3 is 311 Å². The summed E-state index contributed by atoms with van der Waals surface area (Å²) in [6, 6.07) is 28.8. The van der Waals surface area contributed by atoms with Gasteiger partial charge in [-0.1, -0.05) is 0 Å². The van der Waals surface area contributed by atoms with Crippen molar-refractivity contribution in [1.29, 1.82) is 0 Å². The Labute approximate surface area is 332 Å².